The number of carbonyl (C=O) groups is 4. The highest BCUT2D eigenvalue weighted by atomic mass is 16.6. The van der Waals surface area contributed by atoms with Crippen LogP contribution in [0.4, 0.5) is 0 Å². The second-order valence-electron chi connectivity index (χ2n) is 11.3. The van der Waals surface area contributed by atoms with E-state index in [9.17, 15) is 24.3 Å². The van der Waals surface area contributed by atoms with E-state index in [2.05, 4.69) is 65.4 Å². The minimum Gasteiger partial charge on any atom is -0.481 e. The van der Waals surface area contributed by atoms with Gasteiger partial charge in [-0.3, -0.25) is 19.2 Å². The maximum Gasteiger partial charge on any atom is 0.313 e. The van der Waals surface area contributed by atoms with E-state index in [1.807, 2.05) is 36.4 Å². The van der Waals surface area contributed by atoms with E-state index in [-0.39, 0.29) is 49.2 Å². The molecule has 8 heteroatoms. The molecule has 0 bridgehead atoms. The first-order valence-corrected chi connectivity index (χ1v) is 15.5. The molecule has 236 valence electrons. The van der Waals surface area contributed by atoms with Gasteiger partial charge in [-0.2, -0.15) is 0 Å². The normalized spacial score (nSPS) is 14.3. The van der Waals surface area contributed by atoms with Crippen LogP contribution in [0, 0.1) is 0 Å². The van der Waals surface area contributed by atoms with Gasteiger partial charge in [0.05, 0.1) is 6.61 Å². The third-order valence-corrected chi connectivity index (χ3v) is 8.28. The Balaban J connectivity index is 0.000000154. The summed E-state index contributed by atoms with van der Waals surface area (Å²) in [5.41, 5.74) is 9.77. The first kappa shape index (κ1) is 32.3. The Morgan fingerprint density at radius 3 is 1.43 bits per heavy atom. The van der Waals surface area contributed by atoms with E-state index < -0.39 is 5.97 Å². The summed E-state index contributed by atoms with van der Waals surface area (Å²) < 4.78 is 9.60. The van der Waals surface area contributed by atoms with Crippen LogP contribution in [0.1, 0.15) is 72.6 Å². The van der Waals surface area contributed by atoms with Gasteiger partial charge in [-0.1, -0.05) is 97.1 Å². The number of benzene rings is 4. The summed E-state index contributed by atoms with van der Waals surface area (Å²) in [6.07, 6.45) is 1.88. The zero-order valence-corrected chi connectivity index (χ0v) is 25.4. The Kier molecular flexibility index (Phi) is 10.7. The summed E-state index contributed by atoms with van der Waals surface area (Å²) in [7, 11) is 0. The van der Waals surface area contributed by atoms with Crippen LogP contribution in [0.2, 0.25) is 0 Å². The van der Waals surface area contributed by atoms with E-state index >= 15 is 0 Å². The molecule has 1 saturated heterocycles. The van der Waals surface area contributed by atoms with Crippen molar-refractivity contribution in [2.45, 2.75) is 50.4 Å². The van der Waals surface area contributed by atoms with Crippen molar-refractivity contribution in [1.82, 2.24) is 0 Å². The third kappa shape index (κ3) is 7.58. The summed E-state index contributed by atoms with van der Waals surface area (Å²) >= 11 is 0. The molecule has 0 spiro atoms. The lowest BCUT2D eigenvalue weighted by Crippen LogP contribution is -2.17. The number of hydrogen-bond acceptors (Lipinski definition) is 7. The van der Waals surface area contributed by atoms with Crippen molar-refractivity contribution in [3.8, 4) is 22.3 Å². The quantitative estimate of drug-likeness (QED) is 0.174. The van der Waals surface area contributed by atoms with Crippen LogP contribution < -0.4 is 0 Å². The van der Waals surface area contributed by atoms with Gasteiger partial charge in [-0.25, -0.2) is 0 Å². The molecule has 1 aliphatic heterocycles. The summed E-state index contributed by atoms with van der Waals surface area (Å²) in [5.74, 6) is -1.80. The first-order valence-electron chi connectivity index (χ1n) is 15.5. The first-order chi connectivity index (χ1) is 22.4. The molecule has 0 amide bonds. The predicted molar refractivity (Wildman–Crippen MR) is 172 cm³/mol. The van der Waals surface area contributed by atoms with Crippen molar-refractivity contribution in [3.05, 3.63) is 119 Å². The van der Waals surface area contributed by atoms with Crippen LogP contribution in [0.25, 0.3) is 22.3 Å². The van der Waals surface area contributed by atoms with E-state index in [1.54, 1.807) is 0 Å². The maximum atomic E-state index is 11.8. The van der Waals surface area contributed by atoms with E-state index in [0.717, 1.165) is 0 Å². The van der Waals surface area contributed by atoms with Gasteiger partial charge in [0.2, 0.25) is 0 Å². The van der Waals surface area contributed by atoms with Gasteiger partial charge < -0.3 is 19.7 Å². The zero-order chi connectivity index (χ0) is 32.5. The van der Waals surface area contributed by atoms with Gasteiger partial charge in [0.25, 0.3) is 0 Å². The van der Waals surface area contributed by atoms with Crippen molar-refractivity contribution < 1.29 is 38.9 Å². The monoisotopic (exact) mass is 620 g/mol. The van der Waals surface area contributed by atoms with Crippen molar-refractivity contribution in [2.75, 3.05) is 13.2 Å². The minimum atomic E-state index is -0.892. The summed E-state index contributed by atoms with van der Waals surface area (Å²) in [6.45, 7) is 0.480. The zero-order valence-electron chi connectivity index (χ0n) is 25.4. The van der Waals surface area contributed by atoms with Crippen LogP contribution in [0.3, 0.4) is 0 Å². The van der Waals surface area contributed by atoms with Crippen LogP contribution in [0.15, 0.2) is 97.1 Å². The molecule has 46 heavy (non-hydrogen) atoms. The topological polar surface area (TPSA) is 127 Å². The molecular formula is C38H36O8. The third-order valence-electron chi connectivity index (χ3n) is 8.28. The number of aliphatic hydroxyl groups is 1. The fourth-order valence-electron chi connectivity index (χ4n) is 6.13. The lowest BCUT2D eigenvalue weighted by molar-refractivity contribution is -0.163. The van der Waals surface area contributed by atoms with Gasteiger partial charge in [0.15, 0.2) is 0 Å². The number of aliphatic hydroxyl groups excluding tert-OH is 1. The fourth-order valence-corrected chi connectivity index (χ4v) is 6.13. The van der Waals surface area contributed by atoms with Gasteiger partial charge in [0, 0.05) is 37.5 Å². The molecule has 4 aromatic carbocycles. The molecule has 3 aliphatic rings. The number of ether oxygens (including phenoxy) is 2. The number of carboxylic acid groups (broad SMARTS) is 1. The number of hydrogen-bond donors (Lipinski definition) is 2. The molecule has 8 nitrogen and oxygen atoms in total. The van der Waals surface area contributed by atoms with Gasteiger partial charge in [-0.05, 0) is 57.3 Å². The molecule has 2 N–H and O–H groups in total. The minimum absolute atomic E-state index is 0.00973. The average Bonchev–Trinajstić information content (AvgIpc) is 3.56. The molecule has 1 fully saturated rings. The number of carboxylic acids is 1. The Labute approximate surface area is 267 Å². The van der Waals surface area contributed by atoms with Gasteiger partial charge >= 0.3 is 23.9 Å². The summed E-state index contributed by atoms with van der Waals surface area (Å²) in [6, 6.07) is 33.0. The average molecular weight is 621 g/mol. The molecule has 0 atom stereocenters. The van der Waals surface area contributed by atoms with E-state index in [4.69, 9.17) is 9.84 Å². The predicted octanol–water partition coefficient (Wildman–Crippen LogP) is 6.63. The second-order valence-corrected chi connectivity index (χ2v) is 11.3. The smallest absolute Gasteiger partial charge is 0.313 e. The highest BCUT2D eigenvalue weighted by Gasteiger charge is 2.29. The number of aliphatic carboxylic acids is 1. The number of fused-ring (bicyclic) bond motifs is 6. The molecule has 1 heterocycles. The second kappa shape index (κ2) is 15.3. The molecule has 0 aromatic heterocycles. The van der Waals surface area contributed by atoms with E-state index in [0.29, 0.717) is 32.3 Å². The maximum absolute atomic E-state index is 11.8. The molecule has 7 rings (SSSR count). The highest BCUT2D eigenvalue weighted by molar-refractivity contribution is 5.87. The fraction of sp³-hybridized carbons (Fsp3) is 0.263. The number of esters is 3. The summed E-state index contributed by atoms with van der Waals surface area (Å²) in [4.78, 5) is 42.7. The van der Waals surface area contributed by atoms with Crippen molar-refractivity contribution >= 4 is 23.9 Å². The van der Waals surface area contributed by atoms with Gasteiger partial charge in [-0.15, -0.1) is 0 Å². The SMILES string of the molecule is O=C(O)CCCC(=O)OCC1c2ccccc2-c2ccccc21.O=C1CCCC(=O)O1.OCC1c2ccccc2-c2ccccc21. The Morgan fingerprint density at radius 2 is 1.07 bits per heavy atom. The van der Waals surface area contributed by atoms with Crippen molar-refractivity contribution in [1.29, 1.82) is 0 Å². The molecule has 4 aromatic rings. The Morgan fingerprint density at radius 1 is 0.652 bits per heavy atom. The Bertz CT molecular complexity index is 1620. The molecule has 0 radical (unpaired) electrons. The van der Waals surface area contributed by atoms with Gasteiger partial charge in [0.1, 0.15) is 6.61 Å². The van der Waals surface area contributed by atoms with E-state index in [1.165, 1.54) is 44.5 Å². The van der Waals surface area contributed by atoms with Crippen molar-refractivity contribution in [3.63, 3.8) is 0 Å². The number of carbonyl (C=O) groups excluding carboxylic acids is 3. The molecule has 2 aliphatic carbocycles. The lowest BCUT2D eigenvalue weighted by atomic mass is 9.98. The largest absolute Gasteiger partial charge is 0.481 e. The molecule has 0 unspecified atom stereocenters. The number of cyclic esters (lactones) is 2. The highest BCUT2D eigenvalue weighted by Crippen LogP contribution is 2.45. The molecular weight excluding hydrogens is 584 g/mol. The van der Waals surface area contributed by atoms with Crippen molar-refractivity contribution in [2.24, 2.45) is 0 Å². The molecule has 0 saturated carbocycles. The van der Waals surface area contributed by atoms with Crippen LogP contribution in [0.5, 0.6) is 0 Å². The van der Waals surface area contributed by atoms with Crippen LogP contribution in [-0.4, -0.2) is 47.3 Å². The Hall–Kier alpha value is -5.08. The number of rotatable bonds is 7. The van der Waals surface area contributed by atoms with Crippen LogP contribution in [-0.2, 0) is 28.7 Å². The standard InChI is InChI=1S/C19H18O4.C14H12O.C5H6O3/c20-18(21)10-5-11-19(22)23-12-17-15-8-3-1-6-13(15)14-7-2-4-9-16(14)17;15-9-14-12-7-3-1-5-10(12)11-6-2-4-8-13(11)14;6-4-2-1-3-5(7)8-4/h1-4,6-9,17H,5,10-12H2,(H,20,21);1-8,14-15H,9H2;1-3H2. The summed E-state index contributed by atoms with van der Waals surface area (Å²) in [5, 5.41) is 18.1. The lowest BCUT2D eigenvalue weighted by Gasteiger charge is -2.14. The van der Waals surface area contributed by atoms with Crippen LogP contribution >= 0.6 is 0 Å².